The highest BCUT2D eigenvalue weighted by atomic mass is 16.3. The summed E-state index contributed by atoms with van der Waals surface area (Å²) in [6.45, 7) is 6.48. The smallest absolute Gasteiger partial charge is 0.227 e. The highest BCUT2D eigenvalue weighted by molar-refractivity contribution is 6.08. The minimum Gasteiger partial charge on any atom is -0.437 e. The molecule has 3 heteroatoms. The second-order valence-electron chi connectivity index (χ2n) is 12.7. The van der Waals surface area contributed by atoms with Crippen molar-refractivity contribution in [3.8, 4) is 22.4 Å². The van der Waals surface area contributed by atoms with Crippen LogP contribution in [0.3, 0.4) is 0 Å². The van der Waals surface area contributed by atoms with Crippen molar-refractivity contribution < 1.29 is 16.8 Å². The van der Waals surface area contributed by atoms with Gasteiger partial charge in [-0.25, -0.2) is 4.98 Å². The van der Waals surface area contributed by atoms with Crippen LogP contribution in [0.25, 0.3) is 44.5 Å². The first-order valence-electron chi connectivity index (χ1n) is 18.9. The molecule has 3 aromatic heterocycles. The Morgan fingerprint density at radius 1 is 0.927 bits per heavy atom. The van der Waals surface area contributed by atoms with Crippen molar-refractivity contribution in [2.45, 2.75) is 98.6 Å². The van der Waals surface area contributed by atoms with Gasteiger partial charge < -0.3 is 4.42 Å². The predicted octanol–water partition coefficient (Wildman–Crippen LogP) is 11.3. The second-order valence-corrected chi connectivity index (χ2v) is 12.7. The first kappa shape index (κ1) is 18.9. The Kier molecular flexibility index (Phi) is 4.80. The lowest BCUT2D eigenvalue weighted by molar-refractivity contribution is 0.224. The number of benzene rings is 2. The molecule has 0 atom stereocenters. The lowest BCUT2D eigenvalue weighted by Crippen LogP contribution is -2.20. The quantitative estimate of drug-likeness (QED) is 0.217. The standard InChI is InChI=1S/C38H44N2O/c1-22(2)31-18-27(26-14-16-38(7,8)17-15-26)19-32(23(3)4)35(31)33-20-34(39-21-24(33)5)30-11-9-10-28-29-13-12-25(6)40-37(29)41-36(28)30/h9-13,18-23,26H,14-17H2,1-8H3/i5D3,6D3,22D,23D,26D. The molecule has 5 aromatic rings. The van der Waals surface area contributed by atoms with E-state index in [9.17, 15) is 4.11 Å². The Morgan fingerprint density at radius 3 is 2.32 bits per heavy atom. The summed E-state index contributed by atoms with van der Waals surface area (Å²) in [5.74, 6) is -3.32. The van der Waals surface area contributed by atoms with Crippen LogP contribution in [0.4, 0.5) is 0 Å². The third kappa shape index (κ3) is 5.09. The Bertz CT molecular complexity index is 2070. The van der Waals surface area contributed by atoms with E-state index < -0.39 is 31.4 Å². The minimum absolute atomic E-state index is 0.00855. The van der Waals surface area contributed by atoms with Gasteiger partial charge in [-0.2, -0.15) is 0 Å². The van der Waals surface area contributed by atoms with Crippen LogP contribution in [0, 0.1) is 19.1 Å². The molecule has 0 amide bonds. The van der Waals surface area contributed by atoms with Crippen molar-refractivity contribution >= 4 is 22.1 Å². The van der Waals surface area contributed by atoms with E-state index in [1.807, 2.05) is 24.3 Å². The van der Waals surface area contributed by atoms with Gasteiger partial charge in [0.15, 0.2) is 0 Å². The lowest BCUT2D eigenvalue weighted by atomic mass is 9.70. The maximum atomic E-state index is 9.60. The van der Waals surface area contributed by atoms with Gasteiger partial charge in [-0.3, -0.25) is 4.98 Å². The third-order valence-corrected chi connectivity index (χ3v) is 8.64. The molecule has 1 saturated carbocycles. The molecule has 6 rings (SSSR count). The SMILES string of the molecule is [2H]C([2H])([2H])c1ccc2c(n1)oc1c(-c3cc(-c4c(C([2H])(C)C)cc(C5([2H])CCC(C)(C)CC5)cc4C([2H])(C)C)c(C([2H])([2H])[2H])cn3)cccc12. The molecule has 0 saturated heterocycles. The number of hydrogen-bond acceptors (Lipinski definition) is 3. The molecule has 0 unspecified atom stereocenters. The van der Waals surface area contributed by atoms with Crippen molar-refractivity contribution in [3.05, 3.63) is 82.7 Å². The van der Waals surface area contributed by atoms with Gasteiger partial charge in [0.1, 0.15) is 5.58 Å². The fourth-order valence-corrected chi connectivity index (χ4v) is 6.13. The van der Waals surface area contributed by atoms with Gasteiger partial charge in [0.2, 0.25) is 5.71 Å². The molecule has 3 nitrogen and oxygen atoms in total. The van der Waals surface area contributed by atoms with Crippen LogP contribution in [-0.4, -0.2) is 9.97 Å². The molecule has 1 aliphatic carbocycles. The monoisotopic (exact) mass is 553 g/mol. The predicted molar refractivity (Wildman–Crippen MR) is 173 cm³/mol. The van der Waals surface area contributed by atoms with Crippen LogP contribution in [0.15, 0.2) is 59.1 Å². The largest absolute Gasteiger partial charge is 0.437 e. The fourth-order valence-electron chi connectivity index (χ4n) is 6.13. The average molecular weight is 554 g/mol. The topological polar surface area (TPSA) is 38.9 Å². The Hall–Kier alpha value is -3.46. The van der Waals surface area contributed by atoms with Crippen LogP contribution in [0.1, 0.15) is 125 Å². The van der Waals surface area contributed by atoms with Crippen molar-refractivity contribution in [2.75, 3.05) is 0 Å². The molecule has 212 valence electrons. The van der Waals surface area contributed by atoms with Gasteiger partial charge in [-0.1, -0.05) is 65.8 Å². The van der Waals surface area contributed by atoms with E-state index in [1.165, 1.54) is 12.3 Å². The van der Waals surface area contributed by atoms with Crippen LogP contribution in [0.5, 0.6) is 0 Å². The van der Waals surface area contributed by atoms with Crippen LogP contribution < -0.4 is 0 Å². The van der Waals surface area contributed by atoms with Crippen LogP contribution in [-0.2, 0) is 0 Å². The second kappa shape index (κ2) is 10.4. The van der Waals surface area contributed by atoms with Crippen molar-refractivity contribution in [1.29, 1.82) is 0 Å². The minimum atomic E-state index is -2.57. The Morgan fingerprint density at radius 2 is 1.66 bits per heavy atom. The molecule has 1 fully saturated rings. The number of para-hydroxylation sites is 1. The maximum Gasteiger partial charge on any atom is 0.227 e. The molecule has 0 aliphatic heterocycles. The number of fused-ring (bicyclic) bond motifs is 3. The number of hydrogen-bond donors (Lipinski definition) is 0. The fraction of sp³-hybridized carbons (Fsp3) is 0.421. The van der Waals surface area contributed by atoms with Crippen molar-refractivity contribution in [2.24, 2.45) is 5.41 Å². The summed E-state index contributed by atoms with van der Waals surface area (Å²) in [6, 6.07) is 14.1. The molecular formula is C38H44N2O. The number of furan rings is 1. The number of aromatic nitrogens is 2. The number of rotatable bonds is 5. The van der Waals surface area contributed by atoms with Crippen LogP contribution in [0.2, 0.25) is 0 Å². The molecule has 0 spiro atoms. The number of pyridine rings is 2. The highest BCUT2D eigenvalue weighted by Crippen LogP contribution is 2.46. The summed E-state index contributed by atoms with van der Waals surface area (Å²) >= 11 is 0. The maximum absolute atomic E-state index is 9.60. The average Bonchev–Trinajstić information content (AvgIpc) is 3.38. The van der Waals surface area contributed by atoms with E-state index in [0.29, 0.717) is 62.7 Å². The first-order valence-corrected chi connectivity index (χ1v) is 14.4. The summed E-state index contributed by atoms with van der Waals surface area (Å²) in [6.07, 6.45) is 4.41. The molecule has 2 aromatic carbocycles. The van der Waals surface area contributed by atoms with Crippen molar-refractivity contribution in [3.63, 3.8) is 0 Å². The molecule has 0 N–H and O–H groups in total. The number of nitrogens with zero attached hydrogens (tertiary/aromatic N) is 2. The summed E-state index contributed by atoms with van der Waals surface area (Å²) in [4.78, 5) is 8.91. The normalized spacial score (nSPS) is 21.1. The van der Waals surface area contributed by atoms with Gasteiger partial charge >= 0.3 is 0 Å². The summed E-state index contributed by atoms with van der Waals surface area (Å²) in [7, 11) is 0. The van der Waals surface area contributed by atoms with Gasteiger partial charge in [0, 0.05) is 40.6 Å². The van der Waals surface area contributed by atoms with Crippen LogP contribution >= 0.6 is 0 Å². The molecule has 1 aliphatic rings. The van der Waals surface area contributed by atoms with E-state index in [2.05, 4.69) is 23.8 Å². The van der Waals surface area contributed by atoms with Crippen molar-refractivity contribution in [1.82, 2.24) is 9.97 Å². The summed E-state index contributed by atoms with van der Waals surface area (Å²) in [5.41, 5.74) is 4.28. The summed E-state index contributed by atoms with van der Waals surface area (Å²) in [5, 5.41) is 1.34. The molecule has 3 heterocycles. The third-order valence-electron chi connectivity index (χ3n) is 8.64. The molecule has 41 heavy (non-hydrogen) atoms. The van der Waals surface area contributed by atoms with Gasteiger partial charge in [0.25, 0.3) is 0 Å². The van der Waals surface area contributed by atoms with E-state index >= 15 is 0 Å². The Balaban J connectivity index is 1.64. The zero-order valence-electron chi connectivity index (χ0n) is 33.8. The molecular weight excluding hydrogens is 500 g/mol. The zero-order valence-corrected chi connectivity index (χ0v) is 24.8. The van der Waals surface area contributed by atoms with E-state index in [-0.39, 0.29) is 22.4 Å². The van der Waals surface area contributed by atoms with Gasteiger partial charge in [-0.05, 0) is 120 Å². The summed E-state index contributed by atoms with van der Waals surface area (Å²) < 4.78 is 83.4. The van der Waals surface area contributed by atoms with E-state index in [1.54, 1.807) is 45.9 Å². The Labute approximate surface area is 258 Å². The first-order chi connectivity index (χ1) is 22.9. The molecule has 0 bridgehead atoms. The van der Waals surface area contributed by atoms with E-state index in [0.717, 1.165) is 18.4 Å². The highest BCUT2D eigenvalue weighted by Gasteiger charge is 2.29. The van der Waals surface area contributed by atoms with Gasteiger partial charge in [-0.15, -0.1) is 0 Å². The number of aryl methyl sites for hydroxylation is 2. The van der Waals surface area contributed by atoms with E-state index in [4.69, 9.17) is 12.6 Å². The van der Waals surface area contributed by atoms with Gasteiger partial charge in [0.05, 0.1) is 5.69 Å². The zero-order chi connectivity index (χ0) is 36.8. The lowest BCUT2D eigenvalue weighted by Gasteiger charge is -2.35. The molecule has 0 radical (unpaired) electrons.